The fourth-order valence-corrected chi connectivity index (χ4v) is 6.20. The van der Waals surface area contributed by atoms with Crippen molar-refractivity contribution in [3.8, 4) is 20.5 Å². The van der Waals surface area contributed by atoms with Gasteiger partial charge < -0.3 is 5.32 Å². The molecule has 1 N–H and O–H groups in total. The molecule has 31 heavy (non-hydrogen) atoms. The van der Waals surface area contributed by atoms with Crippen LogP contribution in [0, 0.1) is 6.92 Å². The number of amides is 1. The van der Waals surface area contributed by atoms with E-state index in [4.69, 9.17) is 0 Å². The van der Waals surface area contributed by atoms with Crippen molar-refractivity contribution in [2.45, 2.75) is 11.9 Å². The summed E-state index contributed by atoms with van der Waals surface area (Å²) in [6.45, 7) is 1.99. The van der Waals surface area contributed by atoms with E-state index in [0.717, 1.165) is 36.4 Å². The highest BCUT2D eigenvalue weighted by Gasteiger charge is 2.14. The number of thioether (sulfide) groups is 1. The molecule has 4 aromatic heterocycles. The molecule has 0 spiro atoms. The Morgan fingerprint density at radius 3 is 2.71 bits per heavy atom. The van der Waals surface area contributed by atoms with Crippen LogP contribution in [-0.2, 0) is 4.79 Å². The molecule has 0 aliphatic heterocycles. The van der Waals surface area contributed by atoms with Crippen LogP contribution in [0.1, 0.15) is 5.69 Å². The lowest BCUT2D eigenvalue weighted by Crippen LogP contribution is -2.13. The van der Waals surface area contributed by atoms with Crippen LogP contribution in [0.4, 0.5) is 5.13 Å². The first-order valence-electron chi connectivity index (χ1n) is 9.29. The molecule has 0 atom stereocenters. The molecule has 1 aromatic carbocycles. The molecule has 0 saturated heterocycles. The number of fused-ring (bicyclic) bond motifs is 1. The van der Waals surface area contributed by atoms with Crippen molar-refractivity contribution in [3.05, 3.63) is 59.6 Å². The maximum Gasteiger partial charge on any atom is 0.236 e. The number of aryl methyl sites for hydroxylation is 1. The van der Waals surface area contributed by atoms with Gasteiger partial charge in [-0.25, -0.2) is 9.97 Å². The first-order valence-corrected chi connectivity index (χ1v) is 12.8. The summed E-state index contributed by atoms with van der Waals surface area (Å²) in [4.78, 5) is 23.6. The van der Waals surface area contributed by atoms with Crippen LogP contribution in [0.2, 0.25) is 0 Å². The number of thiophene rings is 1. The van der Waals surface area contributed by atoms with E-state index in [9.17, 15) is 4.79 Å². The molecule has 4 heterocycles. The Hall–Kier alpha value is -2.66. The van der Waals surface area contributed by atoms with Gasteiger partial charge in [-0.3, -0.25) is 4.79 Å². The van der Waals surface area contributed by atoms with E-state index < -0.39 is 0 Å². The molecule has 0 fully saturated rings. The van der Waals surface area contributed by atoms with Crippen molar-refractivity contribution in [2.24, 2.45) is 0 Å². The number of nitrogens with one attached hydrogen (secondary N) is 1. The highest BCUT2D eigenvalue weighted by molar-refractivity contribution is 7.99. The van der Waals surface area contributed by atoms with Gasteiger partial charge in [-0.2, -0.15) is 0 Å². The van der Waals surface area contributed by atoms with Crippen molar-refractivity contribution in [1.29, 1.82) is 0 Å². The molecule has 0 unspecified atom stereocenters. The van der Waals surface area contributed by atoms with Crippen LogP contribution in [0.3, 0.4) is 0 Å². The van der Waals surface area contributed by atoms with E-state index >= 15 is 0 Å². The van der Waals surface area contributed by atoms with Gasteiger partial charge >= 0.3 is 0 Å². The monoisotopic (exact) mass is 481 g/mol. The van der Waals surface area contributed by atoms with Crippen molar-refractivity contribution in [2.75, 3.05) is 11.1 Å². The van der Waals surface area contributed by atoms with Crippen LogP contribution in [0.5, 0.6) is 0 Å². The number of carbonyl (C=O) groups excluding carboxylic acids is 1. The first-order chi connectivity index (χ1) is 15.2. The van der Waals surface area contributed by atoms with Gasteiger partial charge in [0.2, 0.25) is 5.91 Å². The topological polar surface area (TPSA) is 80.7 Å². The van der Waals surface area contributed by atoms with Gasteiger partial charge in [0.1, 0.15) is 15.7 Å². The fourth-order valence-electron chi connectivity index (χ4n) is 2.88. The average molecular weight is 482 g/mol. The van der Waals surface area contributed by atoms with E-state index in [1.165, 1.54) is 23.1 Å². The second-order valence-electron chi connectivity index (χ2n) is 6.49. The number of carbonyl (C=O) groups is 1. The van der Waals surface area contributed by atoms with Crippen LogP contribution < -0.4 is 5.32 Å². The van der Waals surface area contributed by atoms with Gasteiger partial charge in [-0.1, -0.05) is 41.3 Å². The Kier molecular flexibility index (Phi) is 5.77. The van der Waals surface area contributed by atoms with Gasteiger partial charge in [-0.15, -0.1) is 32.9 Å². The second kappa shape index (κ2) is 8.83. The second-order valence-corrected chi connectivity index (χ2v) is 10.5. The van der Waals surface area contributed by atoms with E-state index in [-0.39, 0.29) is 11.7 Å². The zero-order valence-corrected chi connectivity index (χ0v) is 19.5. The Morgan fingerprint density at radius 2 is 1.94 bits per heavy atom. The van der Waals surface area contributed by atoms with Gasteiger partial charge in [0.15, 0.2) is 5.13 Å². The van der Waals surface area contributed by atoms with Crippen molar-refractivity contribution in [1.82, 2.24) is 20.2 Å². The molecule has 0 aliphatic rings. The quantitative estimate of drug-likeness (QED) is 0.301. The van der Waals surface area contributed by atoms with Crippen molar-refractivity contribution >= 4 is 67.0 Å². The summed E-state index contributed by atoms with van der Waals surface area (Å²) < 4.78 is 1.05. The lowest BCUT2D eigenvalue weighted by atomic mass is 10.3. The Labute approximate surface area is 194 Å². The number of aromatic nitrogens is 4. The van der Waals surface area contributed by atoms with Gasteiger partial charge in [0, 0.05) is 0 Å². The molecule has 6 nitrogen and oxygen atoms in total. The molecule has 0 radical (unpaired) electrons. The standard InChI is InChI=1S/C21H15N5OS4/c1-12-19(31-20(22-12)16-7-4-10-28-16)14-8-9-18(26-25-14)29-11-17(27)24-21-23-13-5-2-3-6-15(13)30-21/h2-10H,11H2,1H3,(H,23,24,27). The van der Waals surface area contributed by atoms with Crippen LogP contribution in [-0.4, -0.2) is 31.8 Å². The molecule has 10 heteroatoms. The highest BCUT2D eigenvalue weighted by Crippen LogP contribution is 2.36. The van der Waals surface area contributed by atoms with Gasteiger partial charge in [0.25, 0.3) is 0 Å². The molecular weight excluding hydrogens is 467 g/mol. The third kappa shape index (κ3) is 4.52. The smallest absolute Gasteiger partial charge is 0.236 e. The first kappa shape index (κ1) is 20.3. The molecular formula is C21H15N5OS4. The van der Waals surface area contributed by atoms with E-state index in [0.29, 0.717) is 10.2 Å². The molecule has 5 rings (SSSR count). The van der Waals surface area contributed by atoms with E-state index in [1.54, 1.807) is 22.7 Å². The predicted molar refractivity (Wildman–Crippen MR) is 130 cm³/mol. The highest BCUT2D eigenvalue weighted by atomic mass is 32.2. The zero-order chi connectivity index (χ0) is 21.2. The summed E-state index contributed by atoms with van der Waals surface area (Å²) in [5, 5.41) is 15.8. The fraction of sp³-hybridized carbons (Fsp3) is 0.0952. The minimum atomic E-state index is -0.117. The third-order valence-electron chi connectivity index (χ3n) is 4.29. The molecule has 154 valence electrons. The number of hydrogen-bond donors (Lipinski definition) is 1. The van der Waals surface area contributed by atoms with Crippen LogP contribution >= 0.6 is 45.8 Å². The predicted octanol–water partition coefficient (Wildman–Crippen LogP) is 5.98. The molecule has 0 saturated carbocycles. The van der Waals surface area contributed by atoms with E-state index in [1.807, 2.05) is 54.8 Å². The third-order valence-corrected chi connectivity index (χ3v) is 8.38. The number of rotatable bonds is 6. The summed E-state index contributed by atoms with van der Waals surface area (Å²) in [5.74, 6) is 0.125. The van der Waals surface area contributed by atoms with Crippen LogP contribution in [0.15, 0.2) is 58.9 Å². The maximum absolute atomic E-state index is 12.3. The minimum absolute atomic E-state index is 0.117. The Morgan fingerprint density at radius 1 is 1.03 bits per heavy atom. The van der Waals surface area contributed by atoms with Crippen molar-refractivity contribution in [3.63, 3.8) is 0 Å². The SMILES string of the molecule is Cc1nc(-c2cccs2)sc1-c1ccc(SCC(=O)Nc2nc3ccccc3s2)nn1. The number of thiazole rings is 2. The molecule has 5 aromatic rings. The van der Waals surface area contributed by atoms with Gasteiger partial charge in [0.05, 0.1) is 31.4 Å². The number of nitrogens with zero attached hydrogens (tertiary/aromatic N) is 4. The summed E-state index contributed by atoms with van der Waals surface area (Å²) in [7, 11) is 0. The number of benzene rings is 1. The number of hydrogen-bond acceptors (Lipinski definition) is 9. The van der Waals surface area contributed by atoms with Gasteiger partial charge in [-0.05, 0) is 42.6 Å². The molecule has 0 bridgehead atoms. The summed E-state index contributed by atoms with van der Waals surface area (Å²) in [5.41, 5.74) is 2.62. The lowest BCUT2D eigenvalue weighted by molar-refractivity contribution is -0.113. The Balaban J connectivity index is 1.22. The van der Waals surface area contributed by atoms with Crippen molar-refractivity contribution < 1.29 is 4.79 Å². The zero-order valence-electron chi connectivity index (χ0n) is 16.2. The average Bonchev–Trinajstić information content (AvgIpc) is 3.52. The summed E-state index contributed by atoms with van der Waals surface area (Å²) in [6.07, 6.45) is 0. The minimum Gasteiger partial charge on any atom is -0.301 e. The van der Waals surface area contributed by atoms with Crippen LogP contribution in [0.25, 0.3) is 30.7 Å². The number of para-hydroxylation sites is 1. The summed E-state index contributed by atoms with van der Waals surface area (Å²) in [6, 6.07) is 15.7. The summed E-state index contributed by atoms with van der Waals surface area (Å²) >= 11 is 6.10. The lowest BCUT2D eigenvalue weighted by Gasteiger charge is -2.02. The molecule has 0 aliphatic carbocycles. The largest absolute Gasteiger partial charge is 0.301 e. The maximum atomic E-state index is 12.3. The van der Waals surface area contributed by atoms with E-state index in [2.05, 4.69) is 31.5 Å². The normalized spacial score (nSPS) is 11.1. The Bertz CT molecular complexity index is 1310. The molecule has 1 amide bonds. The number of anilines is 1.